The van der Waals surface area contributed by atoms with Gasteiger partial charge in [0.2, 0.25) is 5.91 Å². The Morgan fingerprint density at radius 3 is 2.82 bits per heavy atom. The van der Waals surface area contributed by atoms with Gasteiger partial charge in [-0.1, -0.05) is 19.1 Å². The summed E-state index contributed by atoms with van der Waals surface area (Å²) >= 11 is 0. The molecule has 2 atom stereocenters. The molecule has 1 amide bonds. The standard InChI is InChI=1S/C16H23FN2O3/c1-12(11-20)10-18-16(21)15(19-5-7-22-8-6-19)13-3-2-4-14(17)9-13/h2-4,9,12,15,20H,5-8,10-11H2,1H3,(H,18,21). The third-order valence-corrected chi connectivity index (χ3v) is 3.76. The summed E-state index contributed by atoms with van der Waals surface area (Å²) in [4.78, 5) is 14.6. The highest BCUT2D eigenvalue weighted by Gasteiger charge is 2.29. The molecule has 2 unspecified atom stereocenters. The Kier molecular flexibility index (Phi) is 6.30. The number of halogens is 1. The number of aliphatic hydroxyl groups excluding tert-OH is 1. The van der Waals surface area contributed by atoms with Gasteiger partial charge in [0.05, 0.1) is 13.2 Å². The molecule has 0 bridgehead atoms. The number of carbonyl (C=O) groups is 1. The van der Waals surface area contributed by atoms with Crippen molar-refractivity contribution < 1.29 is 19.0 Å². The molecule has 1 heterocycles. The molecule has 2 rings (SSSR count). The Morgan fingerprint density at radius 2 is 2.18 bits per heavy atom. The van der Waals surface area contributed by atoms with E-state index in [0.717, 1.165) is 0 Å². The number of benzene rings is 1. The fourth-order valence-corrected chi connectivity index (χ4v) is 2.48. The van der Waals surface area contributed by atoms with Crippen LogP contribution < -0.4 is 5.32 Å². The second-order valence-electron chi connectivity index (χ2n) is 5.64. The van der Waals surface area contributed by atoms with Crippen molar-refractivity contribution >= 4 is 5.91 Å². The molecule has 22 heavy (non-hydrogen) atoms. The van der Waals surface area contributed by atoms with Crippen molar-refractivity contribution in [2.45, 2.75) is 13.0 Å². The van der Waals surface area contributed by atoms with E-state index in [-0.39, 0.29) is 24.2 Å². The number of nitrogens with zero attached hydrogens (tertiary/aromatic N) is 1. The van der Waals surface area contributed by atoms with Gasteiger partial charge in [0, 0.05) is 26.2 Å². The maximum atomic E-state index is 13.5. The molecular weight excluding hydrogens is 287 g/mol. The zero-order valence-electron chi connectivity index (χ0n) is 12.8. The predicted octanol–water partition coefficient (Wildman–Crippen LogP) is 0.944. The Labute approximate surface area is 130 Å². The summed E-state index contributed by atoms with van der Waals surface area (Å²) in [6.45, 7) is 4.65. The molecule has 6 heteroatoms. The van der Waals surface area contributed by atoms with Crippen molar-refractivity contribution in [1.82, 2.24) is 10.2 Å². The Morgan fingerprint density at radius 1 is 1.45 bits per heavy atom. The van der Waals surface area contributed by atoms with Gasteiger partial charge in [0.1, 0.15) is 11.9 Å². The van der Waals surface area contributed by atoms with E-state index in [4.69, 9.17) is 9.84 Å². The molecule has 1 fully saturated rings. The highest BCUT2D eigenvalue weighted by atomic mass is 19.1. The monoisotopic (exact) mass is 310 g/mol. The van der Waals surface area contributed by atoms with E-state index in [1.54, 1.807) is 12.1 Å². The van der Waals surface area contributed by atoms with Gasteiger partial charge in [0.15, 0.2) is 0 Å². The molecule has 122 valence electrons. The lowest BCUT2D eigenvalue weighted by Crippen LogP contribution is -2.46. The highest BCUT2D eigenvalue weighted by molar-refractivity contribution is 5.83. The maximum absolute atomic E-state index is 13.5. The van der Waals surface area contributed by atoms with Crippen molar-refractivity contribution in [2.24, 2.45) is 5.92 Å². The zero-order valence-corrected chi connectivity index (χ0v) is 12.8. The van der Waals surface area contributed by atoms with Crippen LogP contribution in [0.2, 0.25) is 0 Å². The summed E-state index contributed by atoms with van der Waals surface area (Å²) < 4.78 is 18.8. The van der Waals surface area contributed by atoms with Crippen LogP contribution in [0.15, 0.2) is 24.3 Å². The number of nitrogens with one attached hydrogen (secondary N) is 1. The highest BCUT2D eigenvalue weighted by Crippen LogP contribution is 2.23. The summed E-state index contributed by atoms with van der Waals surface area (Å²) in [7, 11) is 0. The van der Waals surface area contributed by atoms with Gasteiger partial charge < -0.3 is 15.2 Å². The Hall–Kier alpha value is -1.50. The quantitative estimate of drug-likeness (QED) is 0.821. The average molecular weight is 310 g/mol. The molecule has 0 radical (unpaired) electrons. The number of amides is 1. The summed E-state index contributed by atoms with van der Waals surface area (Å²) in [5.74, 6) is -0.540. The topological polar surface area (TPSA) is 61.8 Å². The number of hydrogen-bond donors (Lipinski definition) is 2. The smallest absolute Gasteiger partial charge is 0.241 e. The first-order valence-electron chi connectivity index (χ1n) is 7.57. The number of carbonyl (C=O) groups excluding carboxylic acids is 1. The normalized spacial score (nSPS) is 18.7. The Bertz CT molecular complexity index is 492. The minimum Gasteiger partial charge on any atom is -0.396 e. The molecule has 1 aliphatic rings. The van der Waals surface area contributed by atoms with Crippen molar-refractivity contribution in [1.29, 1.82) is 0 Å². The molecular formula is C16H23FN2O3. The number of rotatable bonds is 6. The van der Waals surface area contributed by atoms with Gasteiger partial charge in [-0.2, -0.15) is 0 Å². The molecule has 0 aromatic heterocycles. The largest absolute Gasteiger partial charge is 0.396 e. The fourth-order valence-electron chi connectivity index (χ4n) is 2.48. The fraction of sp³-hybridized carbons (Fsp3) is 0.562. The van der Waals surface area contributed by atoms with Crippen LogP contribution in [0.4, 0.5) is 4.39 Å². The van der Waals surface area contributed by atoms with Crippen molar-refractivity contribution in [3.63, 3.8) is 0 Å². The first kappa shape index (κ1) is 16.9. The average Bonchev–Trinajstić information content (AvgIpc) is 2.54. The van der Waals surface area contributed by atoms with E-state index in [9.17, 15) is 9.18 Å². The third-order valence-electron chi connectivity index (χ3n) is 3.76. The molecule has 0 aliphatic carbocycles. The Balaban J connectivity index is 2.15. The summed E-state index contributed by atoms with van der Waals surface area (Å²) in [6.07, 6.45) is 0. The lowest BCUT2D eigenvalue weighted by molar-refractivity contribution is -0.128. The molecule has 2 N–H and O–H groups in total. The molecule has 1 saturated heterocycles. The van der Waals surface area contributed by atoms with Crippen molar-refractivity contribution in [3.05, 3.63) is 35.6 Å². The predicted molar refractivity (Wildman–Crippen MR) is 80.8 cm³/mol. The van der Waals surface area contributed by atoms with Crippen LogP contribution in [0, 0.1) is 11.7 Å². The third kappa shape index (κ3) is 4.50. The van der Waals surface area contributed by atoms with Gasteiger partial charge in [0.25, 0.3) is 0 Å². The van der Waals surface area contributed by atoms with Crippen molar-refractivity contribution in [2.75, 3.05) is 39.5 Å². The zero-order chi connectivity index (χ0) is 15.9. The molecule has 5 nitrogen and oxygen atoms in total. The second kappa shape index (κ2) is 8.22. The minimum atomic E-state index is -0.537. The molecule has 1 aromatic carbocycles. The van der Waals surface area contributed by atoms with E-state index in [0.29, 0.717) is 38.4 Å². The van der Waals surface area contributed by atoms with Gasteiger partial charge in [-0.25, -0.2) is 4.39 Å². The van der Waals surface area contributed by atoms with E-state index >= 15 is 0 Å². The van der Waals surface area contributed by atoms with Crippen LogP contribution in [-0.2, 0) is 9.53 Å². The summed E-state index contributed by atoms with van der Waals surface area (Å²) in [5, 5.41) is 11.9. The number of aliphatic hydroxyl groups is 1. The van der Waals surface area contributed by atoms with Crippen molar-refractivity contribution in [3.8, 4) is 0 Å². The van der Waals surface area contributed by atoms with Gasteiger partial charge >= 0.3 is 0 Å². The van der Waals surface area contributed by atoms with E-state index in [1.165, 1.54) is 12.1 Å². The van der Waals surface area contributed by atoms with Crippen LogP contribution in [-0.4, -0.2) is 55.4 Å². The number of ether oxygens (including phenoxy) is 1. The first-order valence-corrected chi connectivity index (χ1v) is 7.57. The van der Waals surface area contributed by atoms with Crippen LogP contribution in [0.25, 0.3) is 0 Å². The number of morpholine rings is 1. The van der Waals surface area contributed by atoms with Gasteiger partial charge in [-0.05, 0) is 23.6 Å². The second-order valence-corrected chi connectivity index (χ2v) is 5.64. The maximum Gasteiger partial charge on any atom is 0.241 e. The van der Waals surface area contributed by atoms with Gasteiger partial charge in [-0.3, -0.25) is 9.69 Å². The van der Waals surface area contributed by atoms with E-state index in [1.807, 2.05) is 11.8 Å². The van der Waals surface area contributed by atoms with Crippen LogP contribution >= 0.6 is 0 Å². The van der Waals surface area contributed by atoms with Crippen LogP contribution in [0.1, 0.15) is 18.5 Å². The molecule has 0 saturated carbocycles. The van der Waals surface area contributed by atoms with E-state index in [2.05, 4.69) is 5.32 Å². The number of hydrogen-bond acceptors (Lipinski definition) is 4. The SMILES string of the molecule is CC(CO)CNC(=O)C(c1cccc(F)c1)N1CCOCC1. The molecule has 1 aliphatic heterocycles. The van der Waals surface area contributed by atoms with Gasteiger partial charge in [-0.15, -0.1) is 0 Å². The lowest BCUT2D eigenvalue weighted by Gasteiger charge is -2.34. The summed E-state index contributed by atoms with van der Waals surface area (Å²) in [5.41, 5.74) is 0.635. The van der Waals surface area contributed by atoms with Crippen LogP contribution in [0.5, 0.6) is 0 Å². The van der Waals surface area contributed by atoms with E-state index < -0.39 is 6.04 Å². The lowest BCUT2D eigenvalue weighted by atomic mass is 10.0. The molecule has 1 aromatic rings. The van der Waals surface area contributed by atoms with Crippen LogP contribution in [0.3, 0.4) is 0 Å². The first-order chi connectivity index (χ1) is 10.6. The summed E-state index contributed by atoms with van der Waals surface area (Å²) in [6, 6.07) is 5.60. The minimum absolute atomic E-state index is 0.0122. The molecule has 0 spiro atoms.